The van der Waals surface area contributed by atoms with Crippen LogP contribution in [0.5, 0.6) is 5.75 Å². The maximum atomic E-state index is 12.0. The van der Waals surface area contributed by atoms with E-state index in [0.717, 1.165) is 5.56 Å². The minimum atomic E-state index is -0.216. The van der Waals surface area contributed by atoms with Crippen molar-refractivity contribution in [2.24, 2.45) is 0 Å². The number of nitrogens with one attached hydrogen (secondary N) is 1. The van der Waals surface area contributed by atoms with E-state index < -0.39 is 0 Å². The van der Waals surface area contributed by atoms with Gasteiger partial charge in [-0.2, -0.15) is 0 Å². The summed E-state index contributed by atoms with van der Waals surface area (Å²) in [6, 6.07) is 5.22. The second kappa shape index (κ2) is 6.25. The zero-order valence-corrected chi connectivity index (χ0v) is 10.5. The van der Waals surface area contributed by atoms with E-state index in [0.29, 0.717) is 17.7 Å². The highest BCUT2D eigenvalue weighted by Crippen LogP contribution is 2.19. The van der Waals surface area contributed by atoms with Crippen molar-refractivity contribution >= 4 is 5.91 Å². The number of methoxy groups -OCH3 is 1. The molecule has 0 spiro atoms. The molecule has 1 aromatic rings. The Kier molecular flexibility index (Phi) is 4.97. The summed E-state index contributed by atoms with van der Waals surface area (Å²) in [6.07, 6.45) is 0.691. The molecule has 1 amide bonds. The summed E-state index contributed by atoms with van der Waals surface area (Å²) in [5.41, 5.74) is 1.49. The smallest absolute Gasteiger partial charge is 0.255 e. The molecule has 4 nitrogen and oxygen atoms in total. The molecule has 4 heteroatoms. The lowest BCUT2D eigenvalue weighted by molar-refractivity contribution is 0.0912. The zero-order valence-electron chi connectivity index (χ0n) is 10.5. The van der Waals surface area contributed by atoms with E-state index in [2.05, 4.69) is 5.32 Å². The fourth-order valence-corrected chi connectivity index (χ4v) is 1.54. The van der Waals surface area contributed by atoms with Crippen LogP contribution in [0.1, 0.15) is 29.3 Å². The number of rotatable bonds is 5. The lowest BCUT2D eigenvalue weighted by atomic mass is 10.1. The van der Waals surface area contributed by atoms with Crippen molar-refractivity contribution in [3.63, 3.8) is 0 Å². The molecule has 0 heterocycles. The number of carbonyl (C=O) groups excluding carboxylic acids is 1. The molecule has 1 rings (SSSR count). The number of benzene rings is 1. The Morgan fingerprint density at radius 2 is 2.24 bits per heavy atom. The first kappa shape index (κ1) is 13.5. The fourth-order valence-electron chi connectivity index (χ4n) is 1.54. The van der Waals surface area contributed by atoms with Crippen LogP contribution < -0.4 is 10.1 Å². The van der Waals surface area contributed by atoms with Crippen LogP contribution >= 0.6 is 0 Å². The maximum Gasteiger partial charge on any atom is 0.255 e. The van der Waals surface area contributed by atoms with Gasteiger partial charge < -0.3 is 15.2 Å². The van der Waals surface area contributed by atoms with Crippen molar-refractivity contribution in [3.05, 3.63) is 29.3 Å². The van der Waals surface area contributed by atoms with Gasteiger partial charge in [0.1, 0.15) is 5.75 Å². The van der Waals surface area contributed by atoms with Gasteiger partial charge in [0.2, 0.25) is 0 Å². The van der Waals surface area contributed by atoms with Crippen LogP contribution in [0.25, 0.3) is 0 Å². The van der Waals surface area contributed by atoms with Crippen molar-refractivity contribution in [1.29, 1.82) is 0 Å². The zero-order chi connectivity index (χ0) is 12.8. The molecule has 0 aromatic heterocycles. The lowest BCUT2D eigenvalue weighted by Gasteiger charge is -2.15. The first-order chi connectivity index (χ1) is 8.12. The number of aliphatic hydroxyl groups excluding tert-OH is 1. The van der Waals surface area contributed by atoms with Crippen molar-refractivity contribution in [2.45, 2.75) is 26.3 Å². The number of aliphatic hydroxyl groups is 1. The highest BCUT2D eigenvalue weighted by atomic mass is 16.5. The number of aryl methyl sites for hydroxylation is 1. The largest absolute Gasteiger partial charge is 0.496 e. The minimum absolute atomic E-state index is 0.0592. The average molecular weight is 237 g/mol. The van der Waals surface area contributed by atoms with Gasteiger partial charge in [0.15, 0.2) is 0 Å². The molecule has 0 aliphatic heterocycles. The summed E-state index contributed by atoms with van der Waals surface area (Å²) >= 11 is 0. The highest BCUT2D eigenvalue weighted by molar-refractivity contribution is 5.97. The third-order valence-electron chi connectivity index (χ3n) is 2.65. The van der Waals surface area contributed by atoms with Crippen LogP contribution in [-0.2, 0) is 0 Å². The van der Waals surface area contributed by atoms with E-state index in [1.54, 1.807) is 12.1 Å². The lowest BCUT2D eigenvalue weighted by Crippen LogP contribution is -2.37. The standard InChI is InChI=1S/C13H19NO3/c1-4-10(8-15)14-13(16)11-7-9(2)5-6-12(11)17-3/h5-7,10,15H,4,8H2,1-3H3,(H,14,16)/t10-/m1/s1. The molecule has 1 aromatic carbocycles. The van der Waals surface area contributed by atoms with Gasteiger partial charge in [-0.05, 0) is 25.5 Å². The minimum Gasteiger partial charge on any atom is -0.496 e. The topological polar surface area (TPSA) is 58.6 Å². The Balaban J connectivity index is 2.90. The number of amides is 1. The summed E-state index contributed by atoms with van der Waals surface area (Å²) in [5.74, 6) is 0.326. The van der Waals surface area contributed by atoms with Crippen LogP contribution in [-0.4, -0.2) is 30.8 Å². The first-order valence-corrected chi connectivity index (χ1v) is 5.68. The quantitative estimate of drug-likeness (QED) is 0.816. The number of hydrogen-bond donors (Lipinski definition) is 2. The Hall–Kier alpha value is -1.55. The van der Waals surface area contributed by atoms with Gasteiger partial charge in [-0.1, -0.05) is 18.6 Å². The predicted octanol–water partition coefficient (Wildman–Crippen LogP) is 1.50. The monoisotopic (exact) mass is 237 g/mol. The van der Waals surface area contributed by atoms with Crippen molar-refractivity contribution < 1.29 is 14.6 Å². The molecule has 0 fully saturated rings. The summed E-state index contributed by atoms with van der Waals surface area (Å²) in [5, 5.41) is 11.8. The second-order valence-electron chi connectivity index (χ2n) is 3.96. The SMILES string of the molecule is CC[C@H](CO)NC(=O)c1cc(C)ccc1OC. The highest BCUT2D eigenvalue weighted by Gasteiger charge is 2.15. The molecule has 0 bridgehead atoms. The molecule has 1 atom stereocenters. The van der Waals surface area contributed by atoms with Crippen LogP contribution in [0.2, 0.25) is 0 Å². The number of hydrogen-bond acceptors (Lipinski definition) is 3. The van der Waals surface area contributed by atoms with Crippen molar-refractivity contribution in [2.75, 3.05) is 13.7 Å². The Morgan fingerprint density at radius 1 is 1.53 bits per heavy atom. The molecule has 0 radical (unpaired) electrons. The van der Waals surface area contributed by atoms with Crippen LogP contribution in [0.15, 0.2) is 18.2 Å². The normalized spacial score (nSPS) is 12.0. The van der Waals surface area contributed by atoms with E-state index >= 15 is 0 Å². The van der Waals surface area contributed by atoms with Gasteiger partial charge >= 0.3 is 0 Å². The molecule has 0 aliphatic rings. The molecule has 17 heavy (non-hydrogen) atoms. The van der Waals surface area contributed by atoms with Gasteiger partial charge in [0.05, 0.1) is 25.3 Å². The van der Waals surface area contributed by atoms with E-state index in [9.17, 15) is 4.79 Å². The van der Waals surface area contributed by atoms with Gasteiger partial charge in [0, 0.05) is 0 Å². The Labute approximate surface area is 102 Å². The first-order valence-electron chi connectivity index (χ1n) is 5.68. The second-order valence-corrected chi connectivity index (χ2v) is 3.96. The van der Waals surface area contributed by atoms with Crippen molar-refractivity contribution in [1.82, 2.24) is 5.32 Å². The molecule has 0 saturated heterocycles. The third-order valence-corrected chi connectivity index (χ3v) is 2.65. The van der Waals surface area contributed by atoms with Crippen molar-refractivity contribution in [3.8, 4) is 5.75 Å². The molecule has 2 N–H and O–H groups in total. The fraction of sp³-hybridized carbons (Fsp3) is 0.462. The Bertz CT molecular complexity index is 386. The molecule has 0 saturated carbocycles. The molecular formula is C13H19NO3. The van der Waals surface area contributed by atoms with Gasteiger partial charge in [0.25, 0.3) is 5.91 Å². The number of ether oxygens (including phenoxy) is 1. The molecular weight excluding hydrogens is 218 g/mol. The number of carbonyl (C=O) groups is 1. The van der Waals surface area contributed by atoms with Crippen LogP contribution in [0.3, 0.4) is 0 Å². The van der Waals surface area contributed by atoms with E-state index in [4.69, 9.17) is 9.84 Å². The van der Waals surface area contributed by atoms with Gasteiger partial charge in [-0.3, -0.25) is 4.79 Å². The summed E-state index contributed by atoms with van der Waals surface area (Å²) in [7, 11) is 1.53. The van der Waals surface area contributed by atoms with Crippen LogP contribution in [0, 0.1) is 6.92 Å². The predicted molar refractivity (Wildman–Crippen MR) is 66.4 cm³/mol. The summed E-state index contributed by atoms with van der Waals surface area (Å²) in [4.78, 5) is 12.0. The van der Waals surface area contributed by atoms with E-state index in [1.165, 1.54) is 7.11 Å². The Morgan fingerprint density at radius 3 is 2.76 bits per heavy atom. The summed E-state index contributed by atoms with van der Waals surface area (Å²) < 4.78 is 5.15. The average Bonchev–Trinajstić information content (AvgIpc) is 2.35. The third kappa shape index (κ3) is 3.46. The molecule has 0 unspecified atom stereocenters. The van der Waals surface area contributed by atoms with Gasteiger partial charge in [-0.25, -0.2) is 0 Å². The van der Waals surface area contributed by atoms with E-state index in [1.807, 2.05) is 19.9 Å². The molecule has 94 valence electrons. The summed E-state index contributed by atoms with van der Waals surface area (Å²) in [6.45, 7) is 3.77. The van der Waals surface area contributed by atoms with Crippen LogP contribution in [0.4, 0.5) is 0 Å². The van der Waals surface area contributed by atoms with E-state index in [-0.39, 0.29) is 18.6 Å². The maximum absolute atomic E-state index is 12.0. The van der Waals surface area contributed by atoms with Gasteiger partial charge in [-0.15, -0.1) is 0 Å². The molecule has 0 aliphatic carbocycles.